The zero-order valence-electron chi connectivity index (χ0n) is 11.3. The van der Waals surface area contributed by atoms with Gasteiger partial charge in [0, 0.05) is 21.1 Å². The highest BCUT2D eigenvalue weighted by Gasteiger charge is 2.02. The molecule has 0 atom stereocenters. The molecule has 2 aromatic carbocycles. The van der Waals surface area contributed by atoms with Gasteiger partial charge in [-0.3, -0.25) is 4.79 Å². The lowest BCUT2D eigenvalue weighted by molar-refractivity contribution is -0.116. The third kappa shape index (κ3) is 5.89. The van der Waals surface area contributed by atoms with E-state index in [1.807, 2.05) is 48.5 Å². The number of carbonyl (C=O) groups excluding carboxylic acids is 1. The van der Waals surface area contributed by atoms with Gasteiger partial charge in [0.2, 0.25) is 5.91 Å². The van der Waals surface area contributed by atoms with Crippen LogP contribution in [0.25, 0.3) is 0 Å². The van der Waals surface area contributed by atoms with Crippen LogP contribution >= 0.6 is 31.9 Å². The van der Waals surface area contributed by atoms with Gasteiger partial charge >= 0.3 is 0 Å². The Balaban J connectivity index is 1.67. The van der Waals surface area contributed by atoms with Crippen LogP contribution in [0.15, 0.2) is 57.5 Å². The topological polar surface area (TPSA) is 38.3 Å². The van der Waals surface area contributed by atoms with Crippen molar-refractivity contribution in [2.75, 3.05) is 11.9 Å². The summed E-state index contributed by atoms with van der Waals surface area (Å²) in [6.45, 7) is 0.523. The molecule has 0 saturated heterocycles. The number of amides is 1. The van der Waals surface area contributed by atoms with Crippen molar-refractivity contribution in [3.63, 3.8) is 0 Å². The van der Waals surface area contributed by atoms with Crippen LogP contribution in [0, 0.1) is 0 Å². The van der Waals surface area contributed by atoms with Gasteiger partial charge < -0.3 is 10.1 Å². The molecule has 2 aromatic rings. The molecule has 0 spiro atoms. The second-order valence-corrected chi connectivity index (χ2v) is 6.29. The highest BCUT2D eigenvalue weighted by Crippen LogP contribution is 2.17. The van der Waals surface area contributed by atoms with E-state index in [1.165, 1.54) is 0 Å². The van der Waals surface area contributed by atoms with Crippen molar-refractivity contribution < 1.29 is 9.53 Å². The highest BCUT2D eigenvalue weighted by atomic mass is 79.9. The molecule has 0 aliphatic rings. The predicted molar refractivity (Wildman–Crippen MR) is 91.6 cm³/mol. The summed E-state index contributed by atoms with van der Waals surface area (Å²) in [4.78, 5) is 11.8. The molecule has 0 heterocycles. The Labute approximate surface area is 141 Å². The molecule has 0 saturated carbocycles. The number of rotatable bonds is 6. The summed E-state index contributed by atoms with van der Waals surface area (Å²) >= 11 is 6.73. The number of hydrogen-bond acceptors (Lipinski definition) is 2. The van der Waals surface area contributed by atoms with Crippen molar-refractivity contribution in [1.82, 2.24) is 0 Å². The van der Waals surface area contributed by atoms with Gasteiger partial charge in [0.1, 0.15) is 5.75 Å². The van der Waals surface area contributed by atoms with Gasteiger partial charge in [-0.25, -0.2) is 0 Å². The van der Waals surface area contributed by atoms with Crippen molar-refractivity contribution in [3.8, 4) is 5.75 Å². The van der Waals surface area contributed by atoms with Gasteiger partial charge in [-0.1, -0.05) is 31.9 Å². The summed E-state index contributed by atoms with van der Waals surface area (Å²) in [5.74, 6) is 0.809. The second-order valence-electron chi connectivity index (χ2n) is 4.46. The number of benzene rings is 2. The second kappa shape index (κ2) is 8.20. The lowest BCUT2D eigenvalue weighted by atomic mass is 10.2. The third-order valence-corrected chi connectivity index (χ3v) is 3.82. The molecular formula is C16H15Br2NO2. The van der Waals surface area contributed by atoms with E-state index >= 15 is 0 Å². The number of ether oxygens (including phenoxy) is 1. The monoisotopic (exact) mass is 411 g/mol. The van der Waals surface area contributed by atoms with Crippen LogP contribution in [-0.2, 0) is 4.79 Å². The van der Waals surface area contributed by atoms with E-state index in [4.69, 9.17) is 4.74 Å². The molecule has 5 heteroatoms. The summed E-state index contributed by atoms with van der Waals surface area (Å²) < 4.78 is 7.58. The number of hydrogen-bond donors (Lipinski definition) is 1. The summed E-state index contributed by atoms with van der Waals surface area (Å²) in [6.07, 6.45) is 1.12. The SMILES string of the molecule is O=C(CCCOc1ccc(Br)cc1)Nc1ccc(Br)cc1. The van der Waals surface area contributed by atoms with Gasteiger partial charge in [-0.15, -0.1) is 0 Å². The van der Waals surface area contributed by atoms with Crippen LogP contribution in [0.1, 0.15) is 12.8 Å². The van der Waals surface area contributed by atoms with Gasteiger partial charge in [0.15, 0.2) is 0 Å². The fourth-order valence-corrected chi connectivity index (χ4v) is 2.24. The van der Waals surface area contributed by atoms with Gasteiger partial charge in [0.05, 0.1) is 6.61 Å². The van der Waals surface area contributed by atoms with E-state index in [1.54, 1.807) is 0 Å². The summed E-state index contributed by atoms with van der Waals surface area (Å²) in [5.41, 5.74) is 0.803. The number of anilines is 1. The van der Waals surface area contributed by atoms with E-state index in [0.29, 0.717) is 19.4 Å². The Kier molecular flexibility index (Phi) is 6.26. The molecule has 1 N–H and O–H groups in total. The number of halogens is 2. The Morgan fingerprint density at radius 3 is 2.14 bits per heavy atom. The Morgan fingerprint density at radius 1 is 0.952 bits per heavy atom. The van der Waals surface area contributed by atoms with E-state index < -0.39 is 0 Å². The lowest BCUT2D eigenvalue weighted by Crippen LogP contribution is -2.12. The van der Waals surface area contributed by atoms with Crippen molar-refractivity contribution in [3.05, 3.63) is 57.5 Å². The average molecular weight is 413 g/mol. The van der Waals surface area contributed by atoms with E-state index in [2.05, 4.69) is 37.2 Å². The van der Waals surface area contributed by atoms with Crippen molar-refractivity contribution in [2.45, 2.75) is 12.8 Å². The maximum atomic E-state index is 11.8. The first kappa shape index (κ1) is 16.0. The Morgan fingerprint density at radius 2 is 1.52 bits per heavy atom. The predicted octanol–water partition coefficient (Wildman–Crippen LogP) is 5.01. The number of nitrogens with one attached hydrogen (secondary N) is 1. The molecule has 110 valence electrons. The first-order valence-electron chi connectivity index (χ1n) is 6.57. The standard InChI is InChI=1S/C16H15Br2NO2/c17-12-3-7-14(8-4-12)19-16(20)2-1-11-21-15-9-5-13(18)6-10-15/h3-10H,1-2,11H2,(H,19,20). The van der Waals surface area contributed by atoms with Crippen molar-refractivity contribution in [2.24, 2.45) is 0 Å². The highest BCUT2D eigenvalue weighted by molar-refractivity contribution is 9.10. The van der Waals surface area contributed by atoms with Crippen LogP contribution in [-0.4, -0.2) is 12.5 Å². The molecule has 0 fully saturated rings. The van der Waals surface area contributed by atoms with Crippen LogP contribution < -0.4 is 10.1 Å². The Hall–Kier alpha value is -1.33. The summed E-state index contributed by atoms with van der Waals surface area (Å²) in [6, 6.07) is 15.2. The van der Waals surface area contributed by atoms with Gasteiger partial charge in [-0.05, 0) is 55.0 Å². The number of carbonyl (C=O) groups is 1. The van der Waals surface area contributed by atoms with Gasteiger partial charge in [0.25, 0.3) is 0 Å². The van der Waals surface area contributed by atoms with Crippen LogP contribution in [0.5, 0.6) is 5.75 Å². The quantitative estimate of drug-likeness (QED) is 0.677. The minimum atomic E-state index is -0.00303. The molecule has 3 nitrogen and oxygen atoms in total. The fourth-order valence-electron chi connectivity index (χ4n) is 1.71. The van der Waals surface area contributed by atoms with Gasteiger partial charge in [-0.2, -0.15) is 0 Å². The van der Waals surface area contributed by atoms with E-state index in [0.717, 1.165) is 20.4 Å². The third-order valence-electron chi connectivity index (χ3n) is 2.76. The Bertz CT molecular complexity index is 582. The summed E-state index contributed by atoms with van der Waals surface area (Å²) in [5, 5.41) is 2.85. The van der Waals surface area contributed by atoms with Crippen molar-refractivity contribution >= 4 is 43.5 Å². The molecule has 0 aliphatic carbocycles. The minimum Gasteiger partial charge on any atom is -0.494 e. The summed E-state index contributed by atoms with van der Waals surface area (Å²) in [7, 11) is 0. The van der Waals surface area contributed by atoms with Crippen LogP contribution in [0.3, 0.4) is 0 Å². The molecule has 0 bridgehead atoms. The minimum absolute atomic E-state index is 0.00303. The molecular weight excluding hydrogens is 398 g/mol. The first-order chi connectivity index (χ1) is 10.1. The molecule has 2 rings (SSSR count). The smallest absolute Gasteiger partial charge is 0.224 e. The molecule has 0 radical (unpaired) electrons. The lowest BCUT2D eigenvalue weighted by Gasteiger charge is -2.07. The zero-order chi connectivity index (χ0) is 15.1. The molecule has 21 heavy (non-hydrogen) atoms. The largest absolute Gasteiger partial charge is 0.494 e. The van der Waals surface area contributed by atoms with Crippen LogP contribution in [0.4, 0.5) is 5.69 Å². The molecule has 0 aliphatic heterocycles. The van der Waals surface area contributed by atoms with E-state index in [-0.39, 0.29) is 5.91 Å². The normalized spacial score (nSPS) is 10.2. The van der Waals surface area contributed by atoms with E-state index in [9.17, 15) is 4.79 Å². The fraction of sp³-hybridized carbons (Fsp3) is 0.188. The maximum absolute atomic E-state index is 11.8. The molecule has 1 amide bonds. The molecule has 0 aromatic heterocycles. The first-order valence-corrected chi connectivity index (χ1v) is 8.16. The molecule has 0 unspecified atom stereocenters. The van der Waals surface area contributed by atoms with Crippen molar-refractivity contribution in [1.29, 1.82) is 0 Å². The average Bonchev–Trinajstić information content (AvgIpc) is 2.48. The van der Waals surface area contributed by atoms with Crippen LogP contribution in [0.2, 0.25) is 0 Å². The maximum Gasteiger partial charge on any atom is 0.224 e. The zero-order valence-corrected chi connectivity index (χ0v) is 14.5.